The Labute approximate surface area is 105 Å². The first-order chi connectivity index (χ1) is 7.79. The molecule has 1 aromatic rings. The van der Waals surface area contributed by atoms with Crippen LogP contribution in [0.4, 0.5) is 5.82 Å². The highest BCUT2D eigenvalue weighted by Crippen LogP contribution is 2.23. The van der Waals surface area contributed by atoms with Gasteiger partial charge in [-0.1, -0.05) is 13.3 Å². The summed E-state index contributed by atoms with van der Waals surface area (Å²) in [4.78, 5) is 10.8. The Morgan fingerprint density at radius 2 is 2.25 bits per heavy atom. The van der Waals surface area contributed by atoms with Gasteiger partial charge in [-0.2, -0.15) is 0 Å². The van der Waals surface area contributed by atoms with Crippen LogP contribution in [0.25, 0.3) is 0 Å². The molecule has 1 saturated heterocycles. The molecule has 0 aromatic carbocycles. The van der Waals surface area contributed by atoms with Gasteiger partial charge < -0.3 is 4.90 Å². The Morgan fingerprint density at radius 3 is 3.00 bits per heavy atom. The van der Waals surface area contributed by atoms with Gasteiger partial charge in [0, 0.05) is 19.2 Å². The van der Waals surface area contributed by atoms with Gasteiger partial charge in [0.05, 0.1) is 0 Å². The number of nitrogens with zero attached hydrogens (tertiary/aromatic N) is 3. The van der Waals surface area contributed by atoms with Crippen molar-refractivity contribution in [3.05, 3.63) is 17.0 Å². The molecule has 16 heavy (non-hydrogen) atoms. The Balaban J connectivity index is 2.04. The fourth-order valence-electron chi connectivity index (χ4n) is 2.30. The van der Waals surface area contributed by atoms with Crippen LogP contribution in [0.15, 0.2) is 17.0 Å². The third-order valence-electron chi connectivity index (χ3n) is 3.37. The largest absolute Gasteiger partial charge is 0.356 e. The standard InChI is InChI=1S/C12H18BrN3/c1-2-10-4-3-6-16(7-5-10)12-8-11(13)14-9-15-12/h8-10H,2-7H2,1H3. The summed E-state index contributed by atoms with van der Waals surface area (Å²) in [7, 11) is 0. The van der Waals surface area contributed by atoms with Crippen molar-refractivity contribution in [2.24, 2.45) is 5.92 Å². The fraction of sp³-hybridized carbons (Fsp3) is 0.667. The van der Waals surface area contributed by atoms with E-state index in [-0.39, 0.29) is 0 Å². The number of rotatable bonds is 2. The van der Waals surface area contributed by atoms with E-state index in [1.165, 1.54) is 25.7 Å². The number of anilines is 1. The van der Waals surface area contributed by atoms with Gasteiger partial charge in [-0.3, -0.25) is 0 Å². The molecule has 88 valence electrons. The molecule has 1 fully saturated rings. The van der Waals surface area contributed by atoms with Crippen LogP contribution in [0.1, 0.15) is 32.6 Å². The monoisotopic (exact) mass is 283 g/mol. The van der Waals surface area contributed by atoms with E-state index in [0.29, 0.717) is 0 Å². The second-order valence-corrected chi connectivity index (χ2v) is 5.20. The lowest BCUT2D eigenvalue weighted by atomic mass is 9.98. The molecule has 4 heteroatoms. The normalized spacial score (nSPS) is 21.9. The molecule has 1 aliphatic heterocycles. The summed E-state index contributed by atoms with van der Waals surface area (Å²) in [5, 5.41) is 0. The first kappa shape index (κ1) is 11.8. The van der Waals surface area contributed by atoms with E-state index in [0.717, 1.165) is 29.4 Å². The van der Waals surface area contributed by atoms with Gasteiger partial charge in [-0.05, 0) is 41.1 Å². The smallest absolute Gasteiger partial charge is 0.133 e. The van der Waals surface area contributed by atoms with Gasteiger partial charge in [0.2, 0.25) is 0 Å². The predicted octanol–water partition coefficient (Wildman–Crippen LogP) is 3.26. The van der Waals surface area contributed by atoms with Crippen LogP contribution in [-0.2, 0) is 0 Å². The summed E-state index contributed by atoms with van der Waals surface area (Å²) >= 11 is 3.40. The van der Waals surface area contributed by atoms with Crippen LogP contribution in [0.3, 0.4) is 0 Å². The van der Waals surface area contributed by atoms with Crippen molar-refractivity contribution in [2.75, 3.05) is 18.0 Å². The Hall–Kier alpha value is -0.640. The van der Waals surface area contributed by atoms with Crippen molar-refractivity contribution in [1.29, 1.82) is 0 Å². The highest BCUT2D eigenvalue weighted by Gasteiger charge is 2.16. The van der Waals surface area contributed by atoms with Crippen LogP contribution in [0.5, 0.6) is 0 Å². The minimum absolute atomic E-state index is 0.869. The molecular weight excluding hydrogens is 266 g/mol. The lowest BCUT2D eigenvalue weighted by Gasteiger charge is -2.21. The van der Waals surface area contributed by atoms with Crippen molar-refractivity contribution in [3.63, 3.8) is 0 Å². The third kappa shape index (κ3) is 2.94. The van der Waals surface area contributed by atoms with Crippen molar-refractivity contribution >= 4 is 21.7 Å². The highest BCUT2D eigenvalue weighted by molar-refractivity contribution is 9.10. The first-order valence-electron chi connectivity index (χ1n) is 6.02. The molecule has 0 saturated carbocycles. The van der Waals surface area contributed by atoms with Gasteiger partial charge in [-0.15, -0.1) is 0 Å². The maximum Gasteiger partial charge on any atom is 0.133 e. The Kier molecular flexibility index (Phi) is 4.16. The number of halogens is 1. The molecule has 0 bridgehead atoms. The van der Waals surface area contributed by atoms with Crippen LogP contribution in [0, 0.1) is 5.92 Å². The zero-order valence-corrected chi connectivity index (χ0v) is 11.3. The van der Waals surface area contributed by atoms with E-state index in [4.69, 9.17) is 0 Å². The molecule has 0 aliphatic carbocycles. The molecule has 0 amide bonds. The average Bonchev–Trinajstić information content (AvgIpc) is 2.54. The summed E-state index contributed by atoms with van der Waals surface area (Å²) in [6.45, 7) is 4.55. The topological polar surface area (TPSA) is 29.0 Å². The minimum Gasteiger partial charge on any atom is -0.356 e. The summed E-state index contributed by atoms with van der Waals surface area (Å²) < 4.78 is 0.869. The first-order valence-corrected chi connectivity index (χ1v) is 6.81. The second kappa shape index (κ2) is 5.62. The quantitative estimate of drug-likeness (QED) is 0.781. The van der Waals surface area contributed by atoms with Crippen LogP contribution in [-0.4, -0.2) is 23.1 Å². The summed E-state index contributed by atoms with van der Waals surface area (Å²) in [5.74, 6) is 1.95. The molecule has 0 spiro atoms. The van der Waals surface area contributed by atoms with E-state index in [1.54, 1.807) is 6.33 Å². The van der Waals surface area contributed by atoms with E-state index in [2.05, 4.69) is 37.7 Å². The predicted molar refractivity (Wildman–Crippen MR) is 69.6 cm³/mol. The van der Waals surface area contributed by atoms with Gasteiger partial charge in [0.25, 0.3) is 0 Å². The maximum absolute atomic E-state index is 4.34. The Morgan fingerprint density at radius 1 is 1.38 bits per heavy atom. The van der Waals surface area contributed by atoms with Gasteiger partial charge >= 0.3 is 0 Å². The maximum atomic E-state index is 4.34. The SMILES string of the molecule is CCC1CCCN(c2cc(Br)ncn2)CC1. The summed E-state index contributed by atoms with van der Waals surface area (Å²) in [6, 6.07) is 2.01. The van der Waals surface area contributed by atoms with Crippen LogP contribution < -0.4 is 4.90 Å². The number of hydrogen-bond donors (Lipinski definition) is 0. The molecule has 3 nitrogen and oxygen atoms in total. The van der Waals surface area contributed by atoms with Crippen LogP contribution in [0.2, 0.25) is 0 Å². The van der Waals surface area contributed by atoms with Crippen molar-refractivity contribution < 1.29 is 0 Å². The molecular formula is C12H18BrN3. The van der Waals surface area contributed by atoms with E-state index in [1.807, 2.05) is 6.07 Å². The Bertz CT molecular complexity index is 343. The second-order valence-electron chi connectivity index (χ2n) is 4.39. The molecule has 2 rings (SSSR count). The van der Waals surface area contributed by atoms with E-state index in [9.17, 15) is 0 Å². The molecule has 0 N–H and O–H groups in total. The average molecular weight is 284 g/mol. The molecule has 1 aromatic heterocycles. The zero-order valence-electron chi connectivity index (χ0n) is 9.69. The third-order valence-corrected chi connectivity index (χ3v) is 3.80. The number of hydrogen-bond acceptors (Lipinski definition) is 3. The van der Waals surface area contributed by atoms with Gasteiger partial charge in [0.15, 0.2) is 0 Å². The summed E-state index contributed by atoms with van der Waals surface area (Å²) in [5.41, 5.74) is 0. The number of aromatic nitrogens is 2. The highest BCUT2D eigenvalue weighted by atomic mass is 79.9. The minimum atomic E-state index is 0.869. The molecule has 1 aliphatic rings. The van der Waals surface area contributed by atoms with E-state index < -0.39 is 0 Å². The fourth-order valence-corrected chi connectivity index (χ4v) is 2.60. The van der Waals surface area contributed by atoms with Crippen molar-refractivity contribution in [3.8, 4) is 0 Å². The molecule has 0 radical (unpaired) electrons. The van der Waals surface area contributed by atoms with Gasteiger partial charge in [-0.25, -0.2) is 9.97 Å². The molecule has 1 atom stereocenters. The lowest BCUT2D eigenvalue weighted by Crippen LogP contribution is -2.25. The van der Waals surface area contributed by atoms with Gasteiger partial charge in [0.1, 0.15) is 16.7 Å². The molecule has 1 unspecified atom stereocenters. The van der Waals surface area contributed by atoms with Crippen LogP contribution >= 0.6 is 15.9 Å². The summed E-state index contributed by atoms with van der Waals surface area (Å²) in [6.07, 6.45) is 6.86. The van der Waals surface area contributed by atoms with E-state index >= 15 is 0 Å². The zero-order chi connectivity index (χ0) is 11.4. The lowest BCUT2D eigenvalue weighted by molar-refractivity contribution is 0.459. The molecule has 2 heterocycles. The van der Waals surface area contributed by atoms with Crippen molar-refractivity contribution in [2.45, 2.75) is 32.6 Å². The van der Waals surface area contributed by atoms with Crippen molar-refractivity contribution in [1.82, 2.24) is 9.97 Å².